The van der Waals surface area contributed by atoms with Crippen LogP contribution in [0.3, 0.4) is 0 Å². The molecule has 1 amide bonds. The summed E-state index contributed by atoms with van der Waals surface area (Å²) >= 11 is 7.57. The molecule has 1 unspecified atom stereocenters. The Labute approximate surface area is 137 Å². The summed E-state index contributed by atoms with van der Waals surface area (Å²) < 4.78 is 1.12. The normalized spacial score (nSPS) is 12.3. The van der Waals surface area contributed by atoms with E-state index in [-0.39, 0.29) is 12.5 Å². The molecule has 0 aliphatic rings. The Bertz CT molecular complexity index is 815. The van der Waals surface area contributed by atoms with E-state index in [1.165, 1.54) is 0 Å². The number of fused-ring (bicyclic) bond motifs is 1. The molecule has 0 saturated heterocycles. The van der Waals surface area contributed by atoms with Crippen molar-refractivity contribution < 1.29 is 9.90 Å². The van der Waals surface area contributed by atoms with Gasteiger partial charge in [0.25, 0.3) is 5.91 Å². The van der Waals surface area contributed by atoms with E-state index in [9.17, 15) is 9.90 Å². The molecule has 0 radical (unpaired) electrons. The molecule has 2 aromatic carbocycles. The molecule has 0 aliphatic carbocycles. The number of amides is 1. The summed E-state index contributed by atoms with van der Waals surface area (Å²) in [6, 6.07) is 14.7. The van der Waals surface area contributed by atoms with Gasteiger partial charge < -0.3 is 10.4 Å². The van der Waals surface area contributed by atoms with Crippen molar-refractivity contribution in [3.8, 4) is 0 Å². The third-order valence-electron chi connectivity index (χ3n) is 3.44. The number of carbonyl (C=O) groups is 1. The topological polar surface area (TPSA) is 49.3 Å². The van der Waals surface area contributed by atoms with E-state index in [1.54, 1.807) is 35.6 Å². The molecule has 0 saturated carbocycles. The van der Waals surface area contributed by atoms with Crippen LogP contribution in [0.4, 0.5) is 0 Å². The van der Waals surface area contributed by atoms with Crippen LogP contribution in [-0.2, 0) is 0 Å². The van der Waals surface area contributed by atoms with Crippen LogP contribution in [0.1, 0.15) is 22.0 Å². The van der Waals surface area contributed by atoms with Crippen LogP contribution < -0.4 is 5.32 Å². The van der Waals surface area contributed by atoms with Gasteiger partial charge >= 0.3 is 0 Å². The first-order valence-electron chi connectivity index (χ1n) is 6.83. The highest BCUT2D eigenvalue weighted by atomic mass is 35.5. The maximum absolute atomic E-state index is 12.1. The van der Waals surface area contributed by atoms with Gasteiger partial charge in [-0.25, -0.2) is 0 Å². The molecule has 2 N–H and O–H groups in total. The van der Waals surface area contributed by atoms with E-state index in [1.807, 2.05) is 29.6 Å². The van der Waals surface area contributed by atoms with E-state index in [0.29, 0.717) is 10.6 Å². The van der Waals surface area contributed by atoms with Crippen LogP contribution in [0.5, 0.6) is 0 Å². The van der Waals surface area contributed by atoms with Crippen LogP contribution in [0.25, 0.3) is 10.1 Å². The van der Waals surface area contributed by atoms with Gasteiger partial charge in [-0.05, 0) is 29.0 Å². The van der Waals surface area contributed by atoms with Crippen molar-refractivity contribution in [2.75, 3.05) is 6.54 Å². The molecule has 22 heavy (non-hydrogen) atoms. The molecule has 1 aromatic heterocycles. The van der Waals surface area contributed by atoms with Gasteiger partial charge in [0, 0.05) is 16.8 Å². The van der Waals surface area contributed by atoms with Gasteiger partial charge in [0.05, 0.1) is 16.7 Å². The number of thiophene rings is 1. The molecule has 3 aromatic rings. The minimum Gasteiger partial charge on any atom is -0.387 e. The molecule has 1 atom stereocenters. The number of aliphatic hydroxyl groups excluding tert-OH is 1. The fourth-order valence-corrected chi connectivity index (χ4v) is 3.53. The standard InChI is InChI=1S/C17H14ClNO2S/c18-14-7-3-1-6-12(14)17(21)19-9-15(20)13-10-22-16-8-4-2-5-11(13)16/h1-8,10,15,20H,9H2,(H,19,21). The quantitative estimate of drug-likeness (QED) is 0.758. The van der Waals surface area contributed by atoms with E-state index in [2.05, 4.69) is 5.32 Å². The van der Waals surface area contributed by atoms with Crippen molar-refractivity contribution in [1.29, 1.82) is 0 Å². The Kier molecular flexibility index (Phi) is 4.43. The smallest absolute Gasteiger partial charge is 0.252 e. The maximum Gasteiger partial charge on any atom is 0.252 e. The second kappa shape index (κ2) is 6.48. The van der Waals surface area contributed by atoms with Crippen molar-refractivity contribution in [2.24, 2.45) is 0 Å². The fraction of sp³-hybridized carbons (Fsp3) is 0.118. The largest absolute Gasteiger partial charge is 0.387 e. The lowest BCUT2D eigenvalue weighted by Crippen LogP contribution is -2.28. The van der Waals surface area contributed by atoms with Gasteiger partial charge in [-0.1, -0.05) is 41.9 Å². The second-order valence-electron chi connectivity index (χ2n) is 4.89. The maximum atomic E-state index is 12.1. The number of carbonyl (C=O) groups excluding carboxylic acids is 1. The summed E-state index contributed by atoms with van der Waals surface area (Å²) in [7, 11) is 0. The average Bonchev–Trinajstić information content (AvgIpc) is 2.97. The molecule has 0 fully saturated rings. The predicted octanol–water partition coefficient (Wildman–Crippen LogP) is 4.02. The summed E-state index contributed by atoms with van der Waals surface area (Å²) in [5.74, 6) is -0.288. The molecule has 0 aliphatic heterocycles. The van der Waals surface area contributed by atoms with E-state index in [0.717, 1.165) is 15.6 Å². The second-order valence-corrected chi connectivity index (χ2v) is 6.21. The highest BCUT2D eigenvalue weighted by Gasteiger charge is 2.15. The first-order valence-corrected chi connectivity index (χ1v) is 8.09. The molecular weight excluding hydrogens is 318 g/mol. The number of benzene rings is 2. The van der Waals surface area contributed by atoms with Crippen molar-refractivity contribution in [3.05, 3.63) is 70.1 Å². The first kappa shape index (κ1) is 15.0. The Morgan fingerprint density at radius 2 is 1.91 bits per heavy atom. The molecule has 5 heteroatoms. The lowest BCUT2D eigenvalue weighted by atomic mass is 10.1. The lowest BCUT2D eigenvalue weighted by molar-refractivity contribution is 0.0917. The van der Waals surface area contributed by atoms with Crippen molar-refractivity contribution in [1.82, 2.24) is 5.32 Å². The predicted molar refractivity (Wildman–Crippen MR) is 90.6 cm³/mol. The highest BCUT2D eigenvalue weighted by Crippen LogP contribution is 2.29. The first-order chi connectivity index (χ1) is 10.7. The zero-order valence-corrected chi connectivity index (χ0v) is 13.2. The summed E-state index contributed by atoms with van der Waals surface area (Å²) in [5.41, 5.74) is 1.24. The summed E-state index contributed by atoms with van der Waals surface area (Å²) in [5, 5.41) is 16.4. The average molecular weight is 332 g/mol. The highest BCUT2D eigenvalue weighted by molar-refractivity contribution is 7.17. The van der Waals surface area contributed by atoms with E-state index >= 15 is 0 Å². The van der Waals surface area contributed by atoms with Crippen molar-refractivity contribution >= 4 is 38.9 Å². The van der Waals surface area contributed by atoms with E-state index in [4.69, 9.17) is 11.6 Å². The number of halogens is 1. The molecule has 3 nitrogen and oxygen atoms in total. The van der Waals surface area contributed by atoms with Crippen LogP contribution in [-0.4, -0.2) is 17.6 Å². The van der Waals surface area contributed by atoms with Crippen LogP contribution in [0, 0.1) is 0 Å². The van der Waals surface area contributed by atoms with Gasteiger partial charge in [-0.2, -0.15) is 0 Å². The number of hydrogen-bond donors (Lipinski definition) is 2. The molecule has 0 spiro atoms. The van der Waals surface area contributed by atoms with Crippen LogP contribution >= 0.6 is 22.9 Å². The van der Waals surface area contributed by atoms with Crippen LogP contribution in [0.2, 0.25) is 5.02 Å². The SMILES string of the molecule is O=C(NCC(O)c1csc2ccccc12)c1ccccc1Cl. The third kappa shape index (κ3) is 2.99. The minimum atomic E-state index is -0.748. The summed E-state index contributed by atoms with van der Waals surface area (Å²) in [6.07, 6.45) is -0.748. The van der Waals surface area contributed by atoms with E-state index < -0.39 is 6.10 Å². The van der Waals surface area contributed by atoms with Gasteiger partial charge in [-0.15, -0.1) is 11.3 Å². The zero-order valence-electron chi connectivity index (χ0n) is 11.6. The monoisotopic (exact) mass is 331 g/mol. The Morgan fingerprint density at radius 1 is 1.18 bits per heavy atom. The molecular formula is C17H14ClNO2S. The van der Waals surface area contributed by atoms with Gasteiger partial charge in [0.15, 0.2) is 0 Å². The molecule has 1 heterocycles. The van der Waals surface area contributed by atoms with Crippen LogP contribution in [0.15, 0.2) is 53.9 Å². The fourth-order valence-electron chi connectivity index (χ4n) is 2.30. The summed E-state index contributed by atoms with van der Waals surface area (Å²) in [6.45, 7) is 0.144. The zero-order chi connectivity index (χ0) is 15.5. The third-order valence-corrected chi connectivity index (χ3v) is 4.76. The van der Waals surface area contributed by atoms with Crippen molar-refractivity contribution in [2.45, 2.75) is 6.10 Å². The van der Waals surface area contributed by atoms with Crippen molar-refractivity contribution in [3.63, 3.8) is 0 Å². The number of nitrogens with one attached hydrogen (secondary N) is 1. The van der Waals surface area contributed by atoms with Gasteiger partial charge in [0.2, 0.25) is 0 Å². The molecule has 112 valence electrons. The summed E-state index contributed by atoms with van der Waals surface area (Å²) in [4.78, 5) is 12.1. The number of hydrogen-bond acceptors (Lipinski definition) is 3. The Hall–Kier alpha value is -1.88. The Morgan fingerprint density at radius 3 is 2.73 bits per heavy atom. The molecule has 0 bridgehead atoms. The minimum absolute atomic E-state index is 0.144. The number of rotatable bonds is 4. The van der Waals surface area contributed by atoms with Gasteiger partial charge in [0.1, 0.15) is 0 Å². The number of aliphatic hydroxyl groups is 1. The van der Waals surface area contributed by atoms with Gasteiger partial charge in [-0.3, -0.25) is 4.79 Å². The Balaban J connectivity index is 1.71. The molecule has 3 rings (SSSR count). The lowest BCUT2D eigenvalue weighted by Gasteiger charge is -2.12.